The van der Waals surface area contributed by atoms with Crippen molar-refractivity contribution in [2.45, 2.75) is 19.0 Å². The number of carboxylic acid groups (broad SMARTS) is 1. The van der Waals surface area contributed by atoms with Gasteiger partial charge in [-0.3, -0.25) is 4.79 Å². The van der Waals surface area contributed by atoms with Crippen molar-refractivity contribution in [3.05, 3.63) is 0 Å². The second kappa shape index (κ2) is 6.31. The van der Waals surface area contributed by atoms with Crippen LogP contribution in [0.25, 0.3) is 0 Å². The largest absolute Gasteiger partial charge is 0.490 e. The van der Waals surface area contributed by atoms with Crippen molar-refractivity contribution >= 4 is 11.9 Å². The van der Waals surface area contributed by atoms with Crippen LogP contribution in [0.3, 0.4) is 0 Å². The van der Waals surface area contributed by atoms with Gasteiger partial charge in [0.1, 0.15) is 0 Å². The van der Waals surface area contributed by atoms with E-state index in [1.807, 2.05) is 0 Å². The van der Waals surface area contributed by atoms with Gasteiger partial charge in [0, 0.05) is 6.54 Å². The number of aliphatic carboxylic acids is 1. The van der Waals surface area contributed by atoms with E-state index in [0.717, 1.165) is 25.9 Å². The van der Waals surface area contributed by atoms with Gasteiger partial charge in [-0.25, -0.2) is 4.79 Å². The van der Waals surface area contributed by atoms with E-state index >= 15 is 0 Å². The number of rotatable bonds is 1. The van der Waals surface area contributed by atoms with Gasteiger partial charge in [-0.1, -0.05) is 0 Å². The highest BCUT2D eigenvalue weighted by Crippen LogP contribution is 2.13. The van der Waals surface area contributed by atoms with Crippen LogP contribution >= 0.6 is 0 Å². The van der Waals surface area contributed by atoms with Crippen molar-refractivity contribution < 1.29 is 27.9 Å². The predicted molar refractivity (Wildman–Crippen MR) is 48.5 cm³/mol. The summed E-state index contributed by atoms with van der Waals surface area (Å²) in [6.45, 7) is 1.80. The summed E-state index contributed by atoms with van der Waals surface area (Å²) in [5.41, 5.74) is 5.09. The van der Waals surface area contributed by atoms with Gasteiger partial charge >= 0.3 is 12.1 Å². The maximum absolute atomic E-state index is 10.6. The highest BCUT2D eigenvalue weighted by molar-refractivity contribution is 5.76. The highest BCUT2D eigenvalue weighted by Gasteiger charge is 2.38. The SMILES string of the molecule is NC(=O)C1CCCNC1.O=C(O)C(F)(F)F. The van der Waals surface area contributed by atoms with Gasteiger partial charge in [-0.05, 0) is 19.4 Å². The topological polar surface area (TPSA) is 92.4 Å². The van der Waals surface area contributed by atoms with E-state index in [4.69, 9.17) is 15.6 Å². The third-order valence-electron chi connectivity index (χ3n) is 1.94. The van der Waals surface area contributed by atoms with E-state index in [9.17, 15) is 18.0 Å². The van der Waals surface area contributed by atoms with Gasteiger partial charge < -0.3 is 16.2 Å². The third-order valence-corrected chi connectivity index (χ3v) is 1.94. The highest BCUT2D eigenvalue weighted by atomic mass is 19.4. The molecule has 8 heteroatoms. The lowest BCUT2D eigenvalue weighted by Crippen LogP contribution is -2.37. The molecule has 1 atom stereocenters. The lowest BCUT2D eigenvalue weighted by atomic mass is 9.99. The van der Waals surface area contributed by atoms with Crippen molar-refractivity contribution in [1.82, 2.24) is 5.32 Å². The Kier molecular flexibility index (Phi) is 5.79. The smallest absolute Gasteiger partial charge is 0.475 e. The zero-order valence-electron chi connectivity index (χ0n) is 8.38. The molecule has 0 aliphatic carbocycles. The van der Waals surface area contributed by atoms with Gasteiger partial charge in [0.25, 0.3) is 0 Å². The molecular weight excluding hydrogens is 229 g/mol. The van der Waals surface area contributed by atoms with Gasteiger partial charge in [0.2, 0.25) is 5.91 Å². The van der Waals surface area contributed by atoms with Crippen molar-refractivity contribution in [2.24, 2.45) is 11.7 Å². The molecule has 0 radical (unpaired) electrons. The number of carboxylic acids is 1. The average Bonchev–Trinajstić information content (AvgIpc) is 2.18. The first-order valence-corrected chi connectivity index (χ1v) is 4.55. The second-order valence-corrected chi connectivity index (χ2v) is 3.25. The molecule has 4 N–H and O–H groups in total. The molecule has 0 aromatic carbocycles. The van der Waals surface area contributed by atoms with E-state index in [1.165, 1.54) is 0 Å². The molecule has 1 saturated heterocycles. The number of piperidine rings is 1. The summed E-state index contributed by atoms with van der Waals surface area (Å²) in [4.78, 5) is 19.4. The lowest BCUT2D eigenvalue weighted by molar-refractivity contribution is -0.192. The Morgan fingerprint density at radius 1 is 1.38 bits per heavy atom. The molecular formula is C8H13F3N2O3. The van der Waals surface area contributed by atoms with E-state index in [-0.39, 0.29) is 11.8 Å². The molecule has 1 aliphatic rings. The normalized spacial score (nSPS) is 20.6. The first kappa shape index (κ1) is 14.7. The molecule has 0 spiro atoms. The fourth-order valence-corrected chi connectivity index (χ4v) is 1.09. The molecule has 5 nitrogen and oxygen atoms in total. The summed E-state index contributed by atoms with van der Waals surface area (Å²) in [6, 6.07) is 0. The Labute approximate surface area is 89.8 Å². The molecule has 1 aliphatic heterocycles. The number of carbonyl (C=O) groups is 2. The Morgan fingerprint density at radius 3 is 2.06 bits per heavy atom. The van der Waals surface area contributed by atoms with Crippen LogP contribution in [0.15, 0.2) is 0 Å². The monoisotopic (exact) mass is 242 g/mol. The zero-order valence-corrected chi connectivity index (χ0v) is 8.38. The van der Waals surface area contributed by atoms with Crippen LogP contribution in [0.5, 0.6) is 0 Å². The molecule has 1 amide bonds. The minimum absolute atomic E-state index is 0.0822. The molecule has 0 saturated carbocycles. The zero-order chi connectivity index (χ0) is 12.8. The Bertz CT molecular complexity index is 249. The molecule has 1 fully saturated rings. The molecule has 16 heavy (non-hydrogen) atoms. The lowest BCUT2D eigenvalue weighted by Gasteiger charge is -2.18. The number of nitrogens with two attached hydrogens (primary N) is 1. The standard InChI is InChI=1S/C6H12N2O.C2HF3O2/c7-6(9)5-2-1-3-8-4-5;3-2(4,5)1(6)7/h5,8H,1-4H2,(H2,7,9);(H,6,7). The number of hydrogen-bond acceptors (Lipinski definition) is 3. The van der Waals surface area contributed by atoms with Gasteiger partial charge in [0.15, 0.2) is 0 Å². The van der Waals surface area contributed by atoms with E-state index in [0.29, 0.717) is 0 Å². The Hall–Kier alpha value is -1.31. The number of primary amides is 1. The molecule has 1 unspecified atom stereocenters. The van der Waals surface area contributed by atoms with Crippen LogP contribution in [0.1, 0.15) is 12.8 Å². The first-order chi connectivity index (χ1) is 7.25. The number of carbonyl (C=O) groups excluding carboxylic acids is 1. The quantitative estimate of drug-likeness (QED) is 0.608. The summed E-state index contributed by atoms with van der Waals surface area (Å²) in [7, 11) is 0. The summed E-state index contributed by atoms with van der Waals surface area (Å²) in [6.07, 6.45) is -3.05. The van der Waals surface area contributed by atoms with Gasteiger partial charge in [0.05, 0.1) is 5.92 Å². The van der Waals surface area contributed by atoms with Crippen molar-refractivity contribution in [3.63, 3.8) is 0 Å². The number of nitrogens with one attached hydrogen (secondary N) is 1. The molecule has 0 aromatic rings. The van der Waals surface area contributed by atoms with Crippen LogP contribution in [-0.4, -0.2) is 36.2 Å². The number of hydrogen-bond donors (Lipinski definition) is 3. The van der Waals surface area contributed by atoms with Crippen LogP contribution in [0.4, 0.5) is 13.2 Å². The first-order valence-electron chi connectivity index (χ1n) is 4.55. The van der Waals surface area contributed by atoms with Crippen molar-refractivity contribution in [2.75, 3.05) is 13.1 Å². The summed E-state index contributed by atoms with van der Waals surface area (Å²) < 4.78 is 31.7. The third kappa shape index (κ3) is 6.23. The molecule has 0 bridgehead atoms. The molecule has 1 heterocycles. The van der Waals surface area contributed by atoms with Crippen molar-refractivity contribution in [3.8, 4) is 0 Å². The fraction of sp³-hybridized carbons (Fsp3) is 0.750. The summed E-state index contributed by atoms with van der Waals surface area (Å²) in [5, 5.41) is 10.2. The van der Waals surface area contributed by atoms with E-state index < -0.39 is 12.1 Å². The Morgan fingerprint density at radius 2 is 1.88 bits per heavy atom. The summed E-state index contributed by atoms with van der Waals surface area (Å²) >= 11 is 0. The Balaban J connectivity index is 0.000000293. The predicted octanol–water partition coefficient (Wildman–Crippen LogP) is 0.105. The van der Waals surface area contributed by atoms with E-state index in [1.54, 1.807) is 0 Å². The maximum atomic E-state index is 10.6. The maximum Gasteiger partial charge on any atom is 0.490 e. The number of alkyl halides is 3. The summed E-state index contributed by atoms with van der Waals surface area (Å²) in [5.74, 6) is -2.84. The number of amides is 1. The molecule has 94 valence electrons. The van der Waals surface area contributed by atoms with Crippen LogP contribution in [0.2, 0.25) is 0 Å². The van der Waals surface area contributed by atoms with Crippen molar-refractivity contribution in [1.29, 1.82) is 0 Å². The average molecular weight is 242 g/mol. The van der Waals surface area contributed by atoms with Gasteiger partial charge in [-0.15, -0.1) is 0 Å². The fourth-order valence-electron chi connectivity index (χ4n) is 1.09. The van der Waals surface area contributed by atoms with Crippen LogP contribution in [-0.2, 0) is 9.59 Å². The molecule has 1 rings (SSSR count). The number of halogens is 3. The molecule has 0 aromatic heterocycles. The van der Waals surface area contributed by atoms with Crippen LogP contribution < -0.4 is 11.1 Å². The minimum Gasteiger partial charge on any atom is -0.475 e. The van der Waals surface area contributed by atoms with Crippen LogP contribution in [0, 0.1) is 5.92 Å². The van der Waals surface area contributed by atoms with Gasteiger partial charge in [-0.2, -0.15) is 13.2 Å². The second-order valence-electron chi connectivity index (χ2n) is 3.25. The van der Waals surface area contributed by atoms with E-state index in [2.05, 4.69) is 5.32 Å². The minimum atomic E-state index is -5.08.